The lowest BCUT2D eigenvalue weighted by atomic mass is 9.84. The van der Waals surface area contributed by atoms with Crippen LogP contribution in [-0.2, 0) is 9.53 Å². The van der Waals surface area contributed by atoms with E-state index in [2.05, 4.69) is 20.4 Å². The van der Waals surface area contributed by atoms with E-state index in [4.69, 9.17) is 4.74 Å². The zero-order valence-corrected chi connectivity index (χ0v) is 17.2. The number of ether oxygens (including phenoxy) is 1. The average molecular weight is 392 g/mol. The van der Waals surface area contributed by atoms with Gasteiger partial charge in [0.05, 0.1) is 6.04 Å². The van der Waals surface area contributed by atoms with Gasteiger partial charge in [0.25, 0.3) is 0 Å². The lowest BCUT2D eigenvalue weighted by molar-refractivity contribution is -0.134. The Balaban J connectivity index is 1.99. The molecule has 2 aromatic carbocycles. The van der Waals surface area contributed by atoms with E-state index in [1.165, 1.54) is 4.90 Å². The van der Waals surface area contributed by atoms with Crippen molar-refractivity contribution in [2.45, 2.75) is 38.6 Å². The number of amides is 2. The quantitative estimate of drug-likeness (QED) is 0.566. The second-order valence-electron chi connectivity index (χ2n) is 8.00. The molecule has 4 heteroatoms. The number of hydrogen-bond acceptors (Lipinski definition) is 3. The topological polar surface area (TPSA) is 46.6 Å². The molecule has 0 aliphatic carbocycles. The Bertz CT molecular complexity index is 792. The van der Waals surface area contributed by atoms with Gasteiger partial charge in [-0.25, -0.2) is 9.69 Å². The van der Waals surface area contributed by atoms with Gasteiger partial charge in [-0.15, -0.1) is 6.58 Å². The van der Waals surface area contributed by atoms with Crippen LogP contribution in [0.15, 0.2) is 73.3 Å². The third-order valence-corrected chi connectivity index (χ3v) is 5.40. The highest BCUT2D eigenvalue weighted by molar-refractivity contribution is 5.95. The molecule has 1 saturated heterocycles. The molecule has 0 spiro atoms. The van der Waals surface area contributed by atoms with Crippen LogP contribution in [0.1, 0.15) is 43.7 Å². The van der Waals surface area contributed by atoms with E-state index in [1.54, 1.807) is 6.08 Å². The van der Waals surface area contributed by atoms with E-state index in [0.29, 0.717) is 18.8 Å². The van der Waals surface area contributed by atoms with Gasteiger partial charge in [-0.1, -0.05) is 80.6 Å². The predicted octanol–water partition coefficient (Wildman–Crippen LogP) is 5.40. The molecule has 1 heterocycles. The second-order valence-corrected chi connectivity index (χ2v) is 8.00. The number of hydrogen-bond donors (Lipinski definition) is 0. The van der Waals surface area contributed by atoms with Crippen molar-refractivity contribution in [3.05, 3.63) is 84.4 Å². The zero-order valence-electron chi connectivity index (χ0n) is 17.2. The SMILES string of the molecule is C=CC[C@@H](CC(C)C)C(=O)N1C(=O)OC[C@H]1C(c1ccccc1)c1ccccc1. The first-order valence-corrected chi connectivity index (χ1v) is 10.2. The number of cyclic esters (lactones) is 1. The molecule has 2 amide bonds. The fourth-order valence-corrected chi connectivity index (χ4v) is 4.16. The monoisotopic (exact) mass is 391 g/mol. The summed E-state index contributed by atoms with van der Waals surface area (Å²) in [5, 5.41) is 0. The largest absolute Gasteiger partial charge is 0.447 e. The summed E-state index contributed by atoms with van der Waals surface area (Å²) in [7, 11) is 0. The lowest BCUT2D eigenvalue weighted by Gasteiger charge is -2.31. The van der Waals surface area contributed by atoms with Crippen LogP contribution >= 0.6 is 0 Å². The highest BCUT2D eigenvalue weighted by atomic mass is 16.6. The summed E-state index contributed by atoms with van der Waals surface area (Å²) in [5.41, 5.74) is 2.12. The van der Waals surface area contributed by atoms with Gasteiger partial charge in [0, 0.05) is 11.8 Å². The van der Waals surface area contributed by atoms with Crippen LogP contribution in [0.2, 0.25) is 0 Å². The van der Waals surface area contributed by atoms with Crippen LogP contribution < -0.4 is 0 Å². The van der Waals surface area contributed by atoms with Crippen molar-refractivity contribution in [3.8, 4) is 0 Å². The smallest absolute Gasteiger partial charge is 0.417 e. The lowest BCUT2D eigenvalue weighted by Crippen LogP contribution is -2.45. The van der Waals surface area contributed by atoms with Crippen LogP contribution in [-0.4, -0.2) is 29.5 Å². The Labute approximate surface area is 173 Å². The molecular formula is C25H29NO3. The molecular weight excluding hydrogens is 362 g/mol. The molecule has 0 N–H and O–H groups in total. The fraction of sp³-hybridized carbons (Fsp3) is 0.360. The maximum absolute atomic E-state index is 13.4. The van der Waals surface area contributed by atoms with Gasteiger partial charge in [-0.2, -0.15) is 0 Å². The molecule has 0 aromatic heterocycles. The first-order valence-electron chi connectivity index (χ1n) is 10.2. The molecule has 2 aromatic rings. The maximum atomic E-state index is 13.4. The fourth-order valence-electron chi connectivity index (χ4n) is 4.16. The summed E-state index contributed by atoms with van der Waals surface area (Å²) >= 11 is 0. The van der Waals surface area contributed by atoms with Gasteiger partial charge in [-0.3, -0.25) is 4.79 Å². The summed E-state index contributed by atoms with van der Waals surface area (Å²) in [6.07, 6.45) is 2.47. The molecule has 4 nitrogen and oxygen atoms in total. The van der Waals surface area contributed by atoms with Crippen LogP contribution in [0.4, 0.5) is 4.79 Å². The third-order valence-electron chi connectivity index (χ3n) is 5.40. The number of imide groups is 1. The van der Waals surface area contributed by atoms with E-state index in [0.717, 1.165) is 11.1 Å². The molecule has 3 rings (SSSR count). The molecule has 2 atom stereocenters. The van der Waals surface area contributed by atoms with Gasteiger partial charge in [0.1, 0.15) is 6.61 Å². The van der Waals surface area contributed by atoms with Crippen LogP contribution in [0.25, 0.3) is 0 Å². The molecule has 29 heavy (non-hydrogen) atoms. The van der Waals surface area contributed by atoms with Crippen molar-refractivity contribution in [2.75, 3.05) is 6.61 Å². The summed E-state index contributed by atoms with van der Waals surface area (Å²) in [5.74, 6) is -0.230. The Morgan fingerprint density at radius 1 is 1.10 bits per heavy atom. The average Bonchev–Trinajstić information content (AvgIpc) is 3.09. The number of nitrogens with zero attached hydrogens (tertiary/aromatic N) is 1. The van der Waals surface area contributed by atoms with Crippen molar-refractivity contribution in [1.82, 2.24) is 4.90 Å². The molecule has 1 aliphatic heterocycles. The minimum Gasteiger partial charge on any atom is -0.447 e. The Hall–Kier alpha value is -2.88. The second kappa shape index (κ2) is 9.55. The number of rotatable bonds is 8. The molecule has 0 bridgehead atoms. The summed E-state index contributed by atoms with van der Waals surface area (Å²) in [6.45, 7) is 8.16. The highest BCUT2D eigenvalue weighted by Crippen LogP contribution is 2.35. The molecule has 0 radical (unpaired) electrons. The van der Waals surface area contributed by atoms with E-state index >= 15 is 0 Å². The van der Waals surface area contributed by atoms with E-state index in [-0.39, 0.29) is 30.4 Å². The van der Waals surface area contributed by atoms with E-state index < -0.39 is 6.09 Å². The van der Waals surface area contributed by atoms with Gasteiger partial charge >= 0.3 is 6.09 Å². The van der Waals surface area contributed by atoms with E-state index in [9.17, 15) is 9.59 Å². The number of benzene rings is 2. The Morgan fingerprint density at radius 2 is 1.66 bits per heavy atom. The number of carbonyl (C=O) groups is 2. The van der Waals surface area contributed by atoms with Crippen LogP contribution in [0, 0.1) is 11.8 Å². The minimum absolute atomic E-state index is 0.142. The number of allylic oxidation sites excluding steroid dienone is 1. The van der Waals surface area contributed by atoms with Crippen molar-refractivity contribution >= 4 is 12.0 Å². The minimum atomic E-state index is -0.547. The highest BCUT2D eigenvalue weighted by Gasteiger charge is 2.45. The summed E-state index contributed by atoms with van der Waals surface area (Å²) < 4.78 is 5.40. The molecule has 152 valence electrons. The molecule has 1 fully saturated rings. The zero-order chi connectivity index (χ0) is 20.8. The van der Waals surface area contributed by atoms with Crippen LogP contribution in [0.3, 0.4) is 0 Å². The third kappa shape index (κ3) is 4.76. The molecule has 0 unspecified atom stereocenters. The van der Waals surface area contributed by atoms with Crippen molar-refractivity contribution in [3.63, 3.8) is 0 Å². The molecule has 0 saturated carbocycles. The van der Waals surface area contributed by atoms with Gasteiger partial charge in [0.2, 0.25) is 5.91 Å². The normalized spacial score (nSPS) is 17.4. The van der Waals surface area contributed by atoms with Gasteiger partial charge < -0.3 is 4.74 Å². The van der Waals surface area contributed by atoms with Gasteiger partial charge in [-0.05, 0) is 29.9 Å². The first-order chi connectivity index (χ1) is 14.0. The van der Waals surface area contributed by atoms with Crippen molar-refractivity contribution in [2.24, 2.45) is 11.8 Å². The van der Waals surface area contributed by atoms with Crippen molar-refractivity contribution < 1.29 is 14.3 Å². The Kier molecular flexibility index (Phi) is 6.86. The van der Waals surface area contributed by atoms with Gasteiger partial charge in [0.15, 0.2) is 0 Å². The predicted molar refractivity (Wildman–Crippen MR) is 114 cm³/mol. The summed E-state index contributed by atoms with van der Waals surface area (Å²) in [6, 6.07) is 19.6. The van der Waals surface area contributed by atoms with E-state index in [1.807, 2.05) is 60.7 Å². The van der Waals surface area contributed by atoms with Crippen molar-refractivity contribution in [1.29, 1.82) is 0 Å². The van der Waals surface area contributed by atoms with Crippen LogP contribution in [0.5, 0.6) is 0 Å². The molecule has 1 aliphatic rings. The Morgan fingerprint density at radius 3 is 2.14 bits per heavy atom. The maximum Gasteiger partial charge on any atom is 0.417 e. The number of carbonyl (C=O) groups excluding carboxylic acids is 2. The summed E-state index contributed by atoms with van der Waals surface area (Å²) in [4.78, 5) is 27.4. The standard InChI is InChI=1S/C25H29NO3/c1-4-11-21(16-18(2)3)24(27)26-22(17-29-25(26)28)23(19-12-7-5-8-13-19)20-14-9-6-10-15-20/h4-10,12-15,18,21-23H,1,11,16-17H2,2-3H3/t21-,22-/m0/s1. The first kappa shape index (κ1) is 20.8.